The molecule has 0 aliphatic carbocycles. The van der Waals surface area contributed by atoms with Crippen molar-refractivity contribution in [2.24, 2.45) is 0 Å². The number of hydrogen-bond acceptors (Lipinski definition) is 4. The van der Waals surface area contributed by atoms with Gasteiger partial charge in [0, 0.05) is 13.2 Å². The molecule has 1 atom stereocenters. The van der Waals surface area contributed by atoms with Gasteiger partial charge >= 0.3 is 0 Å². The van der Waals surface area contributed by atoms with E-state index in [-0.39, 0.29) is 12.0 Å². The molecule has 5 heteroatoms. The first kappa shape index (κ1) is 18.0. The fourth-order valence-electron chi connectivity index (χ4n) is 2.11. The number of hydrogen-bond donors (Lipinski definition) is 1. The lowest BCUT2D eigenvalue weighted by Gasteiger charge is -2.26. The quantitative estimate of drug-likeness (QED) is 0.837. The first-order chi connectivity index (χ1) is 10.4. The minimum absolute atomic E-state index is 0.0216. The Bertz CT molecular complexity index is 564. The topological polar surface area (TPSA) is 71.3 Å². The van der Waals surface area contributed by atoms with E-state index in [9.17, 15) is 10.1 Å². The number of ether oxygens (including phenoxy) is 2. The Morgan fingerprint density at radius 3 is 2.64 bits per heavy atom. The summed E-state index contributed by atoms with van der Waals surface area (Å²) in [5, 5.41) is 12.0. The summed E-state index contributed by atoms with van der Waals surface area (Å²) in [4.78, 5) is 12.4. The second-order valence-electron chi connectivity index (χ2n) is 5.62. The van der Waals surface area contributed by atoms with Gasteiger partial charge in [-0.3, -0.25) is 4.79 Å². The third-order valence-electron chi connectivity index (χ3n) is 3.39. The van der Waals surface area contributed by atoms with Gasteiger partial charge in [-0.1, -0.05) is 13.3 Å². The van der Waals surface area contributed by atoms with Crippen molar-refractivity contribution in [3.05, 3.63) is 23.8 Å². The van der Waals surface area contributed by atoms with Crippen LogP contribution in [0.3, 0.4) is 0 Å². The molecule has 0 aromatic heterocycles. The van der Waals surface area contributed by atoms with Gasteiger partial charge < -0.3 is 14.8 Å². The van der Waals surface area contributed by atoms with Gasteiger partial charge in [-0.15, -0.1) is 0 Å². The largest absolute Gasteiger partial charge is 0.491 e. The van der Waals surface area contributed by atoms with E-state index in [0.29, 0.717) is 23.4 Å². The molecule has 22 heavy (non-hydrogen) atoms. The fourth-order valence-corrected chi connectivity index (χ4v) is 2.11. The van der Waals surface area contributed by atoms with Gasteiger partial charge in [0.05, 0.1) is 17.4 Å². The smallest absolute Gasteiger partial charge is 0.256 e. The molecule has 0 saturated carbocycles. The molecule has 1 aromatic rings. The van der Waals surface area contributed by atoms with Gasteiger partial charge in [0.2, 0.25) is 0 Å². The third kappa shape index (κ3) is 4.47. The van der Waals surface area contributed by atoms with Gasteiger partial charge in [0.25, 0.3) is 5.91 Å². The average molecular weight is 304 g/mol. The first-order valence-electron chi connectivity index (χ1n) is 7.43. The number of nitrogens with zero attached hydrogens (tertiary/aromatic N) is 1. The lowest BCUT2D eigenvalue weighted by Crippen LogP contribution is -2.41. The van der Waals surface area contributed by atoms with E-state index in [1.165, 1.54) is 7.11 Å². The van der Waals surface area contributed by atoms with Crippen LogP contribution in [-0.4, -0.2) is 24.7 Å². The highest BCUT2D eigenvalue weighted by molar-refractivity contribution is 5.98. The Morgan fingerprint density at radius 2 is 2.14 bits per heavy atom. The molecule has 1 rings (SSSR count). The Balaban J connectivity index is 2.98. The monoisotopic (exact) mass is 304 g/mol. The van der Waals surface area contributed by atoms with E-state index in [4.69, 9.17) is 9.47 Å². The standard InChI is InChI=1S/C17H24N2O3/c1-6-9-17(4,21-5)16(20)19-15-8-7-14(22-12(2)3)10-13(15)11-18/h7-8,10,12H,6,9H2,1-5H3,(H,19,20)/t17-/m1/s1. The van der Waals surface area contributed by atoms with Crippen molar-refractivity contribution in [2.75, 3.05) is 12.4 Å². The van der Waals surface area contributed by atoms with E-state index < -0.39 is 5.60 Å². The first-order valence-corrected chi connectivity index (χ1v) is 7.43. The second-order valence-corrected chi connectivity index (χ2v) is 5.62. The van der Waals surface area contributed by atoms with Crippen LogP contribution in [-0.2, 0) is 9.53 Å². The normalized spacial score (nSPS) is 13.3. The number of anilines is 1. The van der Waals surface area contributed by atoms with Gasteiger partial charge in [0.1, 0.15) is 17.4 Å². The lowest BCUT2D eigenvalue weighted by molar-refractivity contribution is -0.136. The molecule has 1 aromatic carbocycles. The number of rotatable bonds is 7. The molecule has 0 bridgehead atoms. The minimum Gasteiger partial charge on any atom is -0.491 e. The highest BCUT2D eigenvalue weighted by Gasteiger charge is 2.32. The summed E-state index contributed by atoms with van der Waals surface area (Å²) >= 11 is 0. The molecule has 0 heterocycles. The van der Waals surface area contributed by atoms with E-state index in [2.05, 4.69) is 11.4 Å². The zero-order valence-electron chi connectivity index (χ0n) is 13.9. The Morgan fingerprint density at radius 1 is 1.45 bits per heavy atom. The summed E-state index contributed by atoms with van der Waals surface area (Å²) in [5.74, 6) is 0.346. The van der Waals surface area contributed by atoms with Crippen molar-refractivity contribution >= 4 is 11.6 Å². The molecule has 0 saturated heterocycles. The van der Waals surface area contributed by atoms with Crippen molar-refractivity contribution in [3.63, 3.8) is 0 Å². The van der Waals surface area contributed by atoms with Crippen LogP contribution in [0.2, 0.25) is 0 Å². The van der Waals surface area contributed by atoms with E-state index in [0.717, 1.165) is 6.42 Å². The highest BCUT2D eigenvalue weighted by atomic mass is 16.5. The average Bonchev–Trinajstić information content (AvgIpc) is 2.48. The van der Waals surface area contributed by atoms with Gasteiger partial charge in [-0.05, 0) is 39.3 Å². The zero-order valence-corrected chi connectivity index (χ0v) is 13.9. The van der Waals surface area contributed by atoms with Crippen LogP contribution < -0.4 is 10.1 Å². The molecule has 5 nitrogen and oxygen atoms in total. The number of benzene rings is 1. The number of amides is 1. The van der Waals surface area contributed by atoms with E-state index in [1.54, 1.807) is 25.1 Å². The molecule has 1 amide bonds. The summed E-state index contributed by atoms with van der Waals surface area (Å²) < 4.78 is 10.9. The number of carbonyl (C=O) groups is 1. The maximum absolute atomic E-state index is 12.4. The van der Waals surface area contributed by atoms with Crippen LogP contribution in [0, 0.1) is 11.3 Å². The summed E-state index contributed by atoms with van der Waals surface area (Å²) in [7, 11) is 1.51. The number of methoxy groups -OCH3 is 1. The van der Waals surface area contributed by atoms with Crippen LogP contribution >= 0.6 is 0 Å². The molecular weight excluding hydrogens is 280 g/mol. The number of nitriles is 1. The van der Waals surface area contributed by atoms with E-state index in [1.807, 2.05) is 20.8 Å². The summed E-state index contributed by atoms with van der Waals surface area (Å²) in [5.41, 5.74) is -0.0846. The predicted octanol–water partition coefficient (Wildman–Crippen LogP) is 3.49. The third-order valence-corrected chi connectivity index (χ3v) is 3.39. The molecule has 0 unspecified atom stereocenters. The summed E-state index contributed by atoms with van der Waals surface area (Å²) in [6.45, 7) is 7.56. The van der Waals surface area contributed by atoms with Crippen molar-refractivity contribution < 1.29 is 14.3 Å². The lowest BCUT2D eigenvalue weighted by atomic mass is 9.99. The number of carbonyl (C=O) groups excluding carboxylic acids is 1. The van der Waals surface area contributed by atoms with Gasteiger partial charge in [-0.2, -0.15) is 5.26 Å². The van der Waals surface area contributed by atoms with Crippen LogP contribution in [0.4, 0.5) is 5.69 Å². The molecule has 0 spiro atoms. The van der Waals surface area contributed by atoms with Crippen molar-refractivity contribution in [2.45, 2.75) is 52.2 Å². The van der Waals surface area contributed by atoms with Crippen LogP contribution in [0.25, 0.3) is 0 Å². The van der Waals surface area contributed by atoms with Crippen LogP contribution in [0.1, 0.15) is 46.1 Å². The zero-order chi connectivity index (χ0) is 16.8. The highest BCUT2D eigenvalue weighted by Crippen LogP contribution is 2.25. The number of nitrogens with one attached hydrogen (secondary N) is 1. The molecule has 0 radical (unpaired) electrons. The molecule has 120 valence electrons. The maximum atomic E-state index is 12.4. The predicted molar refractivity (Wildman–Crippen MR) is 85.9 cm³/mol. The molecule has 1 N–H and O–H groups in total. The van der Waals surface area contributed by atoms with Gasteiger partial charge in [0.15, 0.2) is 0 Å². The van der Waals surface area contributed by atoms with E-state index >= 15 is 0 Å². The Kier molecular flexibility index (Phi) is 6.39. The minimum atomic E-state index is -0.908. The van der Waals surface area contributed by atoms with Crippen LogP contribution in [0.5, 0.6) is 5.75 Å². The SMILES string of the molecule is CCC[C@@](C)(OC)C(=O)Nc1ccc(OC(C)C)cc1C#N. The summed E-state index contributed by atoms with van der Waals surface area (Å²) in [6, 6.07) is 7.12. The molecular formula is C17H24N2O3. The van der Waals surface area contributed by atoms with Crippen molar-refractivity contribution in [1.82, 2.24) is 0 Å². The fraction of sp³-hybridized carbons (Fsp3) is 0.529. The Labute approximate surface area is 132 Å². The van der Waals surface area contributed by atoms with Crippen LogP contribution in [0.15, 0.2) is 18.2 Å². The molecule has 0 aliphatic rings. The molecule has 0 fully saturated rings. The van der Waals surface area contributed by atoms with Crippen molar-refractivity contribution in [1.29, 1.82) is 5.26 Å². The summed E-state index contributed by atoms with van der Waals surface area (Å²) in [6.07, 6.45) is 1.45. The second kappa shape index (κ2) is 7.81. The Hall–Kier alpha value is -2.06. The maximum Gasteiger partial charge on any atom is 0.256 e. The van der Waals surface area contributed by atoms with Crippen molar-refractivity contribution in [3.8, 4) is 11.8 Å². The molecule has 0 aliphatic heterocycles. The van der Waals surface area contributed by atoms with Gasteiger partial charge in [-0.25, -0.2) is 0 Å².